The van der Waals surface area contributed by atoms with Crippen molar-refractivity contribution in [2.45, 2.75) is 6.92 Å². The quantitative estimate of drug-likeness (QED) is 0.668. The van der Waals surface area contributed by atoms with Crippen molar-refractivity contribution in [2.75, 3.05) is 6.61 Å². The summed E-state index contributed by atoms with van der Waals surface area (Å²) in [4.78, 5) is 19.5. The number of amides is 1. The van der Waals surface area contributed by atoms with Gasteiger partial charge in [0.15, 0.2) is 4.77 Å². The Morgan fingerprint density at radius 2 is 2.16 bits per heavy atom. The molecule has 1 aromatic heterocycles. The van der Waals surface area contributed by atoms with E-state index < -0.39 is 5.91 Å². The molecule has 1 amide bonds. The molecule has 0 bridgehead atoms. The molecule has 1 aromatic carbocycles. The van der Waals surface area contributed by atoms with Crippen LogP contribution in [-0.2, 0) is 4.84 Å². The van der Waals surface area contributed by atoms with Gasteiger partial charge in [-0.05, 0) is 43.4 Å². The van der Waals surface area contributed by atoms with Crippen LogP contribution in [0.2, 0.25) is 0 Å². The number of nitrogens with zero attached hydrogens (tertiary/aromatic N) is 1. The number of hydroxylamine groups is 1. The van der Waals surface area contributed by atoms with Crippen LogP contribution in [0.15, 0.2) is 30.5 Å². The number of carbonyl (C=O) groups excluding carboxylic acids is 1. The third-order valence-corrected chi connectivity index (χ3v) is 2.70. The zero-order valence-electron chi connectivity index (χ0n) is 10.1. The fraction of sp³-hybridized carbons (Fsp3) is 0.167. The topological polar surface area (TPSA) is 59.0 Å². The van der Waals surface area contributed by atoms with Gasteiger partial charge in [0.05, 0.1) is 6.61 Å². The number of rotatable bonds is 4. The summed E-state index contributed by atoms with van der Waals surface area (Å²) in [7, 11) is 0. The Balaban J connectivity index is 2.40. The molecule has 2 N–H and O–H groups in total. The van der Waals surface area contributed by atoms with Gasteiger partial charge in [0.1, 0.15) is 11.5 Å². The van der Waals surface area contributed by atoms with Crippen molar-refractivity contribution in [3.05, 3.63) is 46.7 Å². The van der Waals surface area contributed by atoms with Crippen molar-refractivity contribution in [1.29, 1.82) is 0 Å². The fourth-order valence-electron chi connectivity index (χ4n) is 1.57. The average Bonchev–Trinajstić information content (AvgIpc) is 2.79. The third kappa shape index (κ3) is 2.88. The molecule has 5 nitrogen and oxygen atoms in total. The number of imidazole rings is 1. The van der Waals surface area contributed by atoms with Gasteiger partial charge in [-0.15, -0.1) is 0 Å². The number of halogens is 1. The summed E-state index contributed by atoms with van der Waals surface area (Å²) in [5.74, 6) is -0.787. The maximum atomic E-state index is 12.9. The van der Waals surface area contributed by atoms with Crippen molar-refractivity contribution >= 4 is 18.1 Å². The maximum Gasteiger partial charge on any atom is 0.293 e. The monoisotopic (exact) mass is 281 g/mol. The first-order chi connectivity index (χ1) is 9.13. The van der Waals surface area contributed by atoms with E-state index in [4.69, 9.17) is 17.1 Å². The molecule has 0 saturated carbocycles. The normalized spacial score (nSPS) is 10.4. The van der Waals surface area contributed by atoms with Crippen molar-refractivity contribution in [1.82, 2.24) is 15.0 Å². The lowest BCUT2D eigenvalue weighted by atomic mass is 10.3. The molecule has 0 fully saturated rings. The van der Waals surface area contributed by atoms with E-state index in [1.54, 1.807) is 6.92 Å². The Morgan fingerprint density at radius 3 is 2.79 bits per heavy atom. The highest BCUT2D eigenvalue weighted by Crippen LogP contribution is 2.13. The molecule has 0 aliphatic rings. The lowest BCUT2D eigenvalue weighted by Gasteiger charge is -2.08. The standard InChI is InChI=1S/C12H12FN3O2S/c1-2-18-15-11(17)10-7-14-12(19)16(10)9-5-3-8(13)4-6-9/h3-7H,2H2,1H3,(H,14,19)(H,15,17). The Bertz CT molecular complexity index is 633. The van der Waals surface area contributed by atoms with E-state index >= 15 is 0 Å². The number of hydrogen-bond donors (Lipinski definition) is 2. The van der Waals surface area contributed by atoms with Crippen LogP contribution in [0.5, 0.6) is 0 Å². The van der Waals surface area contributed by atoms with Gasteiger partial charge in [-0.3, -0.25) is 14.2 Å². The molecule has 19 heavy (non-hydrogen) atoms. The van der Waals surface area contributed by atoms with Crippen LogP contribution in [0.1, 0.15) is 17.4 Å². The molecule has 1 heterocycles. The zero-order valence-corrected chi connectivity index (χ0v) is 11.0. The molecule has 0 radical (unpaired) electrons. The molecule has 0 spiro atoms. The summed E-state index contributed by atoms with van der Waals surface area (Å²) in [6, 6.07) is 5.68. The van der Waals surface area contributed by atoms with Gasteiger partial charge in [-0.25, -0.2) is 9.87 Å². The Kier molecular flexibility index (Phi) is 4.08. The second-order valence-corrected chi connectivity index (χ2v) is 4.04. The van der Waals surface area contributed by atoms with Gasteiger partial charge in [0.2, 0.25) is 0 Å². The summed E-state index contributed by atoms with van der Waals surface area (Å²) in [6.45, 7) is 2.11. The Hall–Kier alpha value is -1.99. The van der Waals surface area contributed by atoms with E-state index in [1.165, 1.54) is 35.0 Å². The van der Waals surface area contributed by atoms with E-state index in [-0.39, 0.29) is 11.5 Å². The summed E-state index contributed by atoms with van der Waals surface area (Å²) in [6.07, 6.45) is 1.47. The smallest absolute Gasteiger partial charge is 0.293 e. The van der Waals surface area contributed by atoms with Crippen molar-refractivity contribution in [3.8, 4) is 5.69 Å². The summed E-state index contributed by atoms with van der Waals surface area (Å²) >= 11 is 5.11. The van der Waals surface area contributed by atoms with Crippen LogP contribution in [-0.4, -0.2) is 22.1 Å². The van der Waals surface area contributed by atoms with Crippen molar-refractivity contribution in [3.63, 3.8) is 0 Å². The van der Waals surface area contributed by atoms with E-state index in [0.717, 1.165) is 0 Å². The van der Waals surface area contributed by atoms with Crippen LogP contribution < -0.4 is 5.48 Å². The van der Waals surface area contributed by atoms with Gasteiger partial charge in [0, 0.05) is 11.9 Å². The lowest BCUT2D eigenvalue weighted by Crippen LogP contribution is -2.25. The van der Waals surface area contributed by atoms with Crippen LogP contribution >= 0.6 is 12.2 Å². The number of nitrogens with one attached hydrogen (secondary N) is 2. The minimum Gasteiger partial charge on any atom is -0.336 e. The van der Waals surface area contributed by atoms with Crippen LogP contribution in [0.3, 0.4) is 0 Å². The Morgan fingerprint density at radius 1 is 1.47 bits per heavy atom. The molecule has 0 aliphatic carbocycles. The third-order valence-electron chi connectivity index (χ3n) is 2.40. The van der Waals surface area contributed by atoms with Gasteiger partial charge < -0.3 is 4.98 Å². The molecule has 100 valence electrons. The van der Waals surface area contributed by atoms with Gasteiger partial charge in [-0.2, -0.15) is 0 Å². The molecular formula is C12H12FN3O2S. The number of carbonyl (C=O) groups is 1. The first-order valence-electron chi connectivity index (χ1n) is 5.62. The van der Waals surface area contributed by atoms with Crippen LogP contribution in [0.4, 0.5) is 4.39 Å². The minimum atomic E-state index is -0.432. The molecular weight excluding hydrogens is 269 g/mol. The van der Waals surface area contributed by atoms with Gasteiger partial charge in [0.25, 0.3) is 5.91 Å². The van der Waals surface area contributed by atoms with E-state index in [2.05, 4.69) is 10.5 Å². The van der Waals surface area contributed by atoms with Crippen molar-refractivity contribution in [2.24, 2.45) is 0 Å². The highest BCUT2D eigenvalue weighted by atomic mass is 32.1. The number of aromatic amines is 1. The highest BCUT2D eigenvalue weighted by Gasteiger charge is 2.14. The second-order valence-electron chi connectivity index (χ2n) is 3.66. The van der Waals surface area contributed by atoms with E-state index in [9.17, 15) is 9.18 Å². The number of benzene rings is 1. The number of hydrogen-bond acceptors (Lipinski definition) is 3. The lowest BCUT2D eigenvalue weighted by molar-refractivity contribution is 0.0358. The highest BCUT2D eigenvalue weighted by molar-refractivity contribution is 7.71. The van der Waals surface area contributed by atoms with Gasteiger partial charge in [-0.1, -0.05) is 0 Å². The van der Waals surface area contributed by atoms with Gasteiger partial charge >= 0.3 is 0 Å². The Labute approximate surface area is 114 Å². The summed E-state index contributed by atoms with van der Waals surface area (Å²) < 4.78 is 14.8. The summed E-state index contributed by atoms with van der Waals surface area (Å²) in [5, 5.41) is 0. The average molecular weight is 281 g/mol. The fourth-order valence-corrected chi connectivity index (χ4v) is 1.83. The summed E-state index contributed by atoms with van der Waals surface area (Å²) in [5.41, 5.74) is 3.16. The zero-order chi connectivity index (χ0) is 13.8. The molecule has 7 heteroatoms. The van der Waals surface area contributed by atoms with Crippen molar-refractivity contribution < 1.29 is 14.0 Å². The first kappa shape index (κ1) is 13.4. The largest absolute Gasteiger partial charge is 0.336 e. The predicted molar refractivity (Wildman–Crippen MR) is 70.0 cm³/mol. The molecule has 2 aromatic rings. The van der Waals surface area contributed by atoms with Crippen LogP contribution in [0.25, 0.3) is 5.69 Å². The van der Waals surface area contributed by atoms with Crippen LogP contribution in [0, 0.1) is 10.6 Å². The predicted octanol–water partition coefficient (Wildman–Crippen LogP) is 2.36. The molecule has 0 saturated heterocycles. The molecule has 0 aliphatic heterocycles. The second kappa shape index (κ2) is 5.77. The minimum absolute atomic E-state index is 0.282. The first-order valence-corrected chi connectivity index (χ1v) is 6.02. The maximum absolute atomic E-state index is 12.9. The number of aromatic nitrogens is 2. The van der Waals surface area contributed by atoms with E-state index in [1.807, 2.05) is 0 Å². The van der Waals surface area contributed by atoms with E-state index in [0.29, 0.717) is 17.1 Å². The number of H-pyrrole nitrogens is 1. The SMILES string of the molecule is CCONC(=O)c1c[nH]c(=S)n1-c1ccc(F)cc1. The molecule has 2 rings (SSSR count). The molecule has 0 atom stereocenters. The molecule has 0 unspecified atom stereocenters.